The van der Waals surface area contributed by atoms with Crippen molar-refractivity contribution in [3.8, 4) is 0 Å². The molecule has 4 aromatic rings. The van der Waals surface area contributed by atoms with Crippen LogP contribution in [0.25, 0.3) is 11.0 Å². The Labute approximate surface area is 221 Å². The Morgan fingerprint density at radius 3 is 2.41 bits per heavy atom. The van der Waals surface area contributed by atoms with Gasteiger partial charge in [0.15, 0.2) is 5.16 Å². The topological polar surface area (TPSA) is 41.4 Å². The third-order valence-corrected chi connectivity index (χ3v) is 7.55. The number of imidazole rings is 1. The van der Waals surface area contributed by atoms with Gasteiger partial charge in [-0.1, -0.05) is 59.8 Å². The number of carbonyl (C=O) groups is 1. The quantitative estimate of drug-likeness (QED) is 0.271. The molecular formula is C27H24ClF3N4OS. The van der Waals surface area contributed by atoms with Crippen molar-refractivity contribution < 1.29 is 18.0 Å². The molecule has 5 rings (SSSR count). The Morgan fingerprint density at radius 2 is 1.70 bits per heavy atom. The predicted molar refractivity (Wildman–Crippen MR) is 141 cm³/mol. The minimum atomic E-state index is -4.45. The van der Waals surface area contributed by atoms with Crippen LogP contribution in [0, 0.1) is 0 Å². The van der Waals surface area contributed by atoms with E-state index in [9.17, 15) is 18.0 Å². The first-order valence-electron chi connectivity index (χ1n) is 11.8. The number of piperazine rings is 1. The van der Waals surface area contributed by atoms with Gasteiger partial charge in [0.25, 0.3) is 0 Å². The monoisotopic (exact) mass is 544 g/mol. The van der Waals surface area contributed by atoms with E-state index >= 15 is 0 Å². The number of aromatic nitrogens is 2. The van der Waals surface area contributed by atoms with E-state index in [-0.39, 0.29) is 17.2 Å². The third kappa shape index (κ3) is 5.88. The molecule has 0 N–H and O–H groups in total. The number of nitrogens with zero attached hydrogens (tertiary/aromatic N) is 4. The zero-order valence-electron chi connectivity index (χ0n) is 19.8. The fourth-order valence-corrected chi connectivity index (χ4v) is 5.52. The number of anilines is 1. The fraction of sp³-hybridized carbons (Fsp3) is 0.259. The van der Waals surface area contributed by atoms with Crippen molar-refractivity contribution in [2.45, 2.75) is 17.9 Å². The number of benzene rings is 3. The number of amides is 1. The maximum Gasteiger partial charge on any atom is 0.416 e. The van der Waals surface area contributed by atoms with E-state index < -0.39 is 11.7 Å². The van der Waals surface area contributed by atoms with Crippen molar-refractivity contribution in [1.29, 1.82) is 0 Å². The Hall–Kier alpha value is -3.17. The molecule has 1 amide bonds. The van der Waals surface area contributed by atoms with E-state index in [0.717, 1.165) is 23.4 Å². The molecule has 37 heavy (non-hydrogen) atoms. The number of thioether (sulfide) groups is 1. The van der Waals surface area contributed by atoms with E-state index in [1.807, 2.05) is 64.1 Å². The van der Waals surface area contributed by atoms with Gasteiger partial charge in [0.05, 0.1) is 28.9 Å². The minimum Gasteiger partial charge on any atom is -0.368 e. The lowest BCUT2D eigenvalue weighted by molar-refractivity contribution is -0.137. The molecule has 1 fully saturated rings. The van der Waals surface area contributed by atoms with Gasteiger partial charge in [-0.25, -0.2) is 4.98 Å². The maximum absolute atomic E-state index is 13.3. The molecule has 1 saturated heterocycles. The molecule has 0 spiro atoms. The van der Waals surface area contributed by atoms with Crippen molar-refractivity contribution >= 4 is 46.0 Å². The molecule has 10 heteroatoms. The number of alkyl halides is 3. The van der Waals surface area contributed by atoms with Crippen LogP contribution in [-0.2, 0) is 17.5 Å². The van der Waals surface area contributed by atoms with E-state index in [4.69, 9.17) is 11.6 Å². The molecule has 0 radical (unpaired) electrons. The number of hydrogen-bond acceptors (Lipinski definition) is 4. The van der Waals surface area contributed by atoms with Crippen LogP contribution in [0.2, 0.25) is 5.02 Å². The van der Waals surface area contributed by atoms with Crippen molar-refractivity contribution in [3.05, 3.63) is 88.9 Å². The molecule has 0 atom stereocenters. The molecular weight excluding hydrogens is 521 g/mol. The Bertz CT molecular complexity index is 1400. The molecule has 192 valence electrons. The molecule has 1 aliphatic rings. The van der Waals surface area contributed by atoms with Gasteiger partial charge in [-0.05, 0) is 42.0 Å². The number of rotatable bonds is 6. The number of halogens is 4. The van der Waals surface area contributed by atoms with Gasteiger partial charge < -0.3 is 14.4 Å². The fourth-order valence-electron chi connectivity index (χ4n) is 4.42. The van der Waals surface area contributed by atoms with Crippen molar-refractivity contribution in [2.24, 2.45) is 0 Å². The molecule has 0 unspecified atom stereocenters. The molecule has 2 heterocycles. The summed E-state index contributed by atoms with van der Waals surface area (Å²) in [5.41, 5.74) is 2.14. The summed E-state index contributed by atoms with van der Waals surface area (Å²) in [6.07, 6.45) is -4.45. The van der Waals surface area contributed by atoms with Gasteiger partial charge in [0, 0.05) is 36.9 Å². The standard InChI is InChI=1S/C27H24ClF3N4OS/c28-21-7-4-8-22(16-21)33-11-13-34(14-12-33)25(36)18-37-26-32-23-15-20(27(29,30)31)9-10-24(23)35(26)17-19-5-2-1-3-6-19/h1-10,15-16H,11-14,17-18H2. The Balaban J connectivity index is 1.30. The molecule has 0 saturated carbocycles. The van der Waals surface area contributed by atoms with E-state index in [0.29, 0.717) is 48.4 Å². The molecule has 0 aliphatic carbocycles. The Morgan fingerprint density at radius 1 is 0.946 bits per heavy atom. The number of carbonyl (C=O) groups excluding carboxylic acids is 1. The van der Waals surface area contributed by atoms with E-state index in [2.05, 4.69) is 9.88 Å². The summed E-state index contributed by atoms with van der Waals surface area (Å²) in [5.74, 6) is 0.131. The maximum atomic E-state index is 13.3. The highest BCUT2D eigenvalue weighted by molar-refractivity contribution is 7.99. The average molecular weight is 545 g/mol. The van der Waals surface area contributed by atoms with Crippen LogP contribution in [-0.4, -0.2) is 52.3 Å². The van der Waals surface area contributed by atoms with Crippen LogP contribution in [0.5, 0.6) is 0 Å². The Kier molecular flexibility index (Phi) is 7.35. The van der Waals surface area contributed by atoms with Crippen molar-refractivity contribution in [2.75, 3.05) is 36.8 Å². The van der Waals surface area contributed by atoms with Gasteiger partial charge in [-0.2, -0.15) is 13.2 Å². The lowest BCUT2D eigenvalue weighted by Gasteiger charge is -2.36. The SMILES string of the molecule is O=C(CSc1nc2cc(C(F)(F)F)ccc2n1Cc1ccccc1)N1CCN(c2cccc(Cl)c2)CC1. The first-order chi connectivity index (χ1) is 17.8. The summed E-state index contributed by atoms with van der Waals surface area (Å²) in [5, 5.41) is 1.19. The van der Waals surface area contributed by atoms with Crippen molar-refractivity contribution in [3.63, 3.8) is 0 Å². The van der Waals surface area contributed by atoms with E-state index in [1.165, 1.54) is 17.8 Å². The first-order valence-corrected chi connectivity index (χ1v) is 13.2. The minimum absolute atomic E-state index is 0.0231. The van der Waals surface area contributed by atoms with Crippen LogP contribution in [0.4, 0.5) is 18.9 Å². The second-order valence-corrected chi connectivity index (χ2v) is 10.2. The zero-order valence-corrected chi connectivity index (χ0v) is 21.4. The first kappa shape index (κ1) is 25.5. The summed E-state index contributed by atoms with van der Waals surface area (Å²) >= 11 is 7.36. The highest BCUT2D eigenvalue weighted by Gasteiger charge is 2.31. The van der Waals surface area contributed by atoms with Gasteiger partial charge in [0.2, 0.25) is 5.91 Å². The van der Waals surface area contributed by atoms with Crippen LogP contribution in [0.3, 0.4) is 0 Å². The third-order valence-electron chi connectivity index (χ3n) is 6.35. The summed E-state index contributed by atoms with van der Waals surface area (Å²) < 4.78 is 41.7. The van der Waals surface area contributed by atoms with Crippen LogP contribution >= 0.6 is 23.4 Å². The summed E-state index contributed by atoms with van der Waals surface area (Å²) in [6, 6.07) is 20.9. The van der Waals surface area contributed by atoms with Crippen LogP contribution in [0.15, 0.2) is 78.0 Å². The molecule has 1 aromatic heterocycles. The van der Waals surface area contributed by atoms with E-state index in [1.54, 1.807) is 0 Å². The zero-order chi connectivity index (χ0) is 26.0. The number of hydrogen-bond donors (Lipinski definition) is 0. The summed E-state index contributed by atoms with van der Waals surface area (Å²) in [6.45, 7) is 3.01. The predicted octanol–water partition coefficient (Wildman–Crippen LogP) is 6.20. The number of fused-ring (bicyclic) bond motifs is 1. The lowest BCUT2D eigenvalue weighted by atomic mass is 10.2. The second kappa shape index (κ2) is 10.7. The summed E-state index contributed by atoms with van der Waals surface area (Å²) in [4.78, 5) is 21.5. The lowest BCUT2D eigenvalue weighted by Crippen LogP contribution is -2.49. The van der Waals surface area contributed by atoms with Gasteiger partial charge in [-0.3, -0.25) is 4.79 Å². The largest absolute Gasteiger partial charge is 0.416 e. The highest BCUT2D eigenvalue weighted by Crippen LogP contribution is 2.33. The van der Waals surface area contributed by atoms with Gasteiger partial charge >= 0.3 is 6.18 Å². The molecule has 3 aromatic carbocycles. The molecule has 0 bridgehead atoms. The normalized spacial score (nSPS) is 14.4. The van der Waals surface area contributed by atoms with Crippen LogP contribution < -0.4 is 4.90 Å². The van der Waals surface area contributed by atoms with Gasteiger partial charge in [-0.15, -0.1) is 0 Å². The highest BCUT2D eigenvalue weighted by atomic mass is 35.5. The second-order valence-electron chi connectivity index (χ2n) is 8.80. The molecule has 1 aliphatic heterocycles. The van der Waals surface area contributed by atoms with Crippen LogP contribution in [0.1, 0.15) is 11.1 Å². The molecule has 5 nitrogen and oxygen atoms in total. The van der Waals surface area contributed by atoms with Crippen molar-refractivity contribution in [1.82, 2.24) is 14.5 Å². The van der Waals surface area contributed by atoms with Gasteiger partial charge in [0.1, 0.15) is 0 Å². The average Bonchev–Trinajstić information content (AvgIpc) is 3.24. The summed E-state index contributed by atoms with van der Waals surface area (Å²) in [7, 11) is 0. The smallest absolute Gasteiger partial charge is 0.368 e.